The van der Waals surface area contributed by atoms with Crippen molar-refractivity contribution in [2.75, 3.05) is 0 Å². The lowest BCUT2D eigenvalue weighted by molar-refractivity contribution is -0.119. The molecule has 0 aromatic carbocycles. The van der Waals surface area contributed by atoms with E-state index in [0.717, 1.165) is 6.42 Å². The molecule has 0 unspecified atom stereocenters. The highest BCUT2D eigenvalue weighted by molar-refractivity contribution is 6.24. The number of halogens is 1. The number of Topliss-reactive ketones (excluding diaryl/α,β-unsaturated/α-hetero) is 1. The molecule has 1 nitrogen and oxygen atoms in total. The molecule has 0 spiro atoms. The van der Waals surface area contributed by atoms with Crippen LogP contribution in [0.15, 0.2) is 0 Å². The Labute approximate surface area is 54.0 Å². The van der Waals surface area contributed by atoms with Crippen LogP contribution in [0, 0.1) is 5.92 Å². The summed E-state index contributed by atoms with van der Waals surface area (Å²) in [4.78, 5) is 10.7. The Morgan fingerprint density at radius 3 is 2.50 bits per heavy atom. The van der Waals surface area contributed by atoms with E-state index in [2.05, 4.69) is 0 Å². The van der Waals surface area contributed by atoms with Gasteiger partial charge in [-0.15, -0.1) is 11.6 Å². The molecule has 0 bridgehead atoms. The first-order chi connectivity index (χ1) is 3.75. The van der Waals surface area contributed by atoms with E-state index in [-0.39, 0.29) is 11.3 Å². The van der Waals surface area contributed by atoms with Crippen LogP contribution in [0.4, 0.5) is 0 Å². The Morgan fingerprint density at radius 1 is 1.88 bits per heavy atom. The summed E-state index contributed by atoms with van der Waals surface area (Å²) in [5.41, 5.74) is 0. The highest BCUT2D eigenvalue weighted by Gasteiger charge is 2.39. The second kappa shape index (κ2) is 2.06. The van der Waals surface area contributed by atoms with Gasteiger partial charge in [0.1, 0.15) is 5.78 Å². The van der Waals surface area contributed by atoms with Crippen LogP contribution >= 0.6 is 11.6 Å². The maximum absolute atomic E-state index is 10.7. The fourth-order valence-corrected chi connectivity index (χ4v) is 1.09. The zero-order valence-corrected chi connectivity index (χ0v) is 5.61. The molecule has 0 amide bonds. The SMILES string of the molecule is CCC(=O)[C@@H]1C[C@@H]1Cl. The number of hydrogen-bond acceptors (Lipinski definition) is 1. The smallest absolute Gasteiger partial charge is 0.137 e. The van der Waals surface area contributed by atoms with E-state index in [1.165, 1.54) is 0 Å². The fraction of sp³-hybridized carbons (Fsp3) is 0.833. The minimum Gasteiger partial charge on any atom is -0.299 e. The molecular weight excluding hydrogens is 124 g/mol. The average molecular weight is 133 g/mol. The minimum absolute atomic E-state index is 0.169. The van der Waals surface area contributed by atoms with Crippen molar-refractivity contribution in [3.8, 4) is 0 Å². The second-order valence-corrected chi connectivity index (χ2v) is 2.74. The molecule has 1 aliphatic rings. The molecular formula is C6H9ClO. The molecule has 0 aromatic rings. The van der Waals surface area contributed by atoms with Gasteiger partial charge in [0.2, 0.25) is 0 Å². The molecule has 1 fully saturated rings. The van der Waals surface area contributed by atoms with Gasteiger partial charge in [-0.3, -0.25) is 4.79 Å². The van der Waals surface area contributed by atoms with Crippen LogP contribution in [0.5, 0.6) is 0 Å². The molecule has 0 radical (unpaired) electrons. The third kappa shape index (κ3) is 1.03. The summed E-state index contributed by atoms with van der Waals surface area (Å²) in [6.07, 6.45) is 1.56. The Morgan fingerprint density at radius 2 is 2.38 bits per heavy atom. The van der Waals surface area contributed by atoms with E-state index in [0.29, 0.717) is 12.2 Å². The average Bonchev–Trinajstić information content (AvgIpc) is 2.45. The summed E-state index contributed by atoms with van der Waals surface area (Å²) in [6, 6.07) is 0. The predicted molar refractivity (Wildman–Crippen MR) is 33.0 cm³/mol. The highest BCUT2D eigenvalue weighted by Crippen LogP contribution is 2.37. The third-order valence-corrected chi connectivity index (χ3v) is 1.96. The van der Waals surface area contributed by atoms with Crippen LogP contribution in [0.25, 0.3) is 0 Å². The van der Waals surface area contributed by atoms with Gasteiger partial charge in [-0.2, -0.15) is 0 Å². The van der Waals surface area contributed by atoms with Crippen molar-refractivity contribution in [2.45, 2.75) is 25.1 Å². The van der Waals surface area contributed by atoms with Crippen LogP contribution in [0.3, 0.4) is 0 Å². The quantitative estimate of drug-likeness (QED) is 0.522. The van der Waals surface area contributed by atoms with Crippen LogP contribution in [0.1, 0.15) is 19.8 Å². The van der Waals surface area contributed by atoms with Crippen molar-refractivity contribution in [3.63, 3.8) is 0 Å². The van der Waals surface area contributed by atoms with E-state index < -0.39 is 0 Å². The van der Waals surface area contributed by atoms with Crippen molar-refractivity contribution < 1.29 is 4.79 Å². The molecule has 2 atom stereocenters. The van der Waals surface area contributed by atoms with Gasteiger partial charge in [-0.25, -0.2) is 0 Å². The molecule has 1 rings (SSSR count). The monoisotopic (exact) mass is 132 g/mol. The number of carbonyl (C=O) groups excluding carboxylic acids is 1. The summed E-state index contributed by atoms with van der Waals surface area (Å²) >= 11 is 5.60. The molecule has 0 saturated heterocycles. The first-order valence-electron chi connectivity index (χ1n) is 2.92. The molecule has 0 heterocycles. The van der Waals surface area contributed by atoms with E-state index in [4.69, 9.17) is 11.6 Å². The van der Waals surface area contributed by atoms with Gasteiger partial charge in [0.25, 0.3) is 0 Å². The van der Waals surface area contributed by atoms with Gasteiger partial charge >= 0.3 is 0 Å². The summed E-state index contributed by atoms with van der Waals surface area (Å²) < 4.78 is 0. The second-order valence-electron chi connectivity index (χ2n) is 2.18. The minimum atomic E-state index is 0.169. The molecule has 8 heavy (non-hydrogen) atoms. The fourth-order valence-electron chi connectivity index (χ4n) is 0.759. The number of ketones is 1. The number of alkyl halides is 1. The van der Waals surface area contributed by atoms with Crippen molar-refractivity contribution in [1.82, 2.24) is 0 Å². The molecule has 0 aliphatic heterocycles. The lowest BCUT2D eigenvalue weighted by Gasteiger charge is -1.86. The highest BCUT2D eigenvalue weighted by atomic mass is 35.5. The normalized spacial score (nSPS) is 34.8. The van der Waals surface area contributed by atoms with Gasteiger partial charge in [-0.1, -0.05) is 6.92 Å². The van der Waals surface area contributed by atoms with Gasteiger partial charge in [0.15, 0.2) is 0 Å². The Kier molecular flexibility index (Phi) is 1.57. The Bertz CT molecular complexity index is 111. The number of carbonyl (C=O) groups is 1. The topological polar surface area (TPSA) is 17.1 Å². The maximum atomic E-state index is 10.7. The van der Waals surface area contributed by atoms with Crippen molar-refractivity contribution in [3.05, 3.63) is 0 Å². The lowest BCUT2D eigenvalue weighted by atomic mass is 10.2. The zero-order chi connectivity index (χ0) is 6.15. The van der Waals surface area contributed by atoms with Crippen LogP contribution in [-0.2, 0) is 4.79 Å². The van der Waals surface area contributed by atoms with Crippen LogP contribution < -0.4 is 0 Å². The first-order valence-corrected chi connectivity index (χ1v) is 3.36. The molecule has 2 heteroatoms. The van der Waals surface area contributed by atoms with E-state index >= 15 is 0 Å². The zero-order valence-electron chi connectivity index (χ0n) is 4.86. The summed E-state index contributed by atoms with van der Waals surface area (Å²) in [5, 5.41) is 0.169. The summed E-state index contributed by atoms with van der Waals surface area (Å²) in [6.45, 7) is 1.88. The van der Waals surface area contributed by atoms with E-state index in [9.17, 15) is 4.79 Å². The van der Waals surface area contributed by atoms with Crippen LogP contribution in [0.2, 0.25) is 0 Å². The standard InChI is InChI=1S/C6H9ClO/c1-2-6(8)4-3-5(4)7/h4-5H,2-3H2,1H3/t4-,5+/m1/s1. The van der Waals surface area contributed by atoms with Gasteiger partial charge in [-0.05, 0) is 6.42 Å². The third-order valence-electron chi connectivity index (χ3n) is 1.47. The summed E-state index contributed by atoms with van der Waals surface area (Å²) in [7, 11) is 0. The number of hydrogen-bond donors (Lipinski definition) is 0. The van der Waals surface area contributed by atoms with E-state index in [1.807, 2.05) is 6.92 Å². The summed E-state index contributed by atoms with van der Waals surface area (Å²) in [5.74, 6) is 0.534. The molecule has 0 aromatic heterocycles. The molecule has 0 N–H and O–H groups in total. The van der Waals surface area contributed by atoms with Gasteiger partial charge in [0.05, 0.1) is 0 Å². The molecule has 46 valence electrons. The predicted octanol–water partition coefficient (Wildman–Crippen LogP) is 1.59. The lowest BCUT2D eigenvalue weighted by Crippen LogP contribution is -1.98. The van der Waals surface area contributed by atoms with Crippen molar-refractivity contribution in [2.24, 2.45) is 5.92 Å². The van der Waals surface area contributed by atoms with Crippen molar-refractivity contribution in [1.29, 1.82) is 0 Å². The molecule has 1 aliphatic carbocycles. The first kappa shape index (κ1) is 6.09. The Balaban J connectivity index is 2.28. The Hall–Kier alpha value is -0.0400. The number of rotatable bonds is 2. The maximum Gasteiger partial charge on any atom is 0.137 e. The van der Waals surface area contributed by atoms with Gasteiger partial charge in [0, 0.05) is 17.7 Å². The van der Waals surface area contributed by atoms with Crippen molar-refractivity contribution >= 4 is 17.4 Å². The largest absolute Gasteiger partial charge is 0.299 e. The van der Waals surface area contributed by atoms with Crippen LogP contribution in [-0.4, -0.2) is 11.2 Å². The molecule has 1 saturated carbocycles. The van der Waals surface area contributed by atoms with Gasteiger partial charge < -0.3 is 0 Å². The van der Waals surface area contributed by atoms with E-state index in [1.54, 1.807) is 0 Å².